The number of halogens is 1. The van der Waals surface area contributed by atoms with Crippen molar-refractivity contribution in [3.8, 4) is 5.69 Å². The number of urea groups is 1. The highest BCUT2D eigenvalue weighted by molar-refractivity contribution is 6.30. The van der Waals surface area contributed by atoms with Crippen molar-refractivity contribution >= 4 is 23.3 Å². The van der Waals surface area contributed by atoms with E-state index in [9.17, 15) is 4.79 Å². The Balaban J connectivity index is 1.70. The summed E-state index contributed by atoms with van der Waals surface area (Å²) in [6, 6.07) is 15.6. The molecule has 1 heterocycles. The van der Waals surface area contributed by atoms with E-state index in [2.05, 4.69) is 41.2 Å². The first kappa shape index (κ1) is 19.1. The lowest BCUT2D eigenvalue weighted by molar-refractivity contribution is 0.251. The Hall–Kier alpha value is -2.72. The number of nitrogens with zero attached hydrogens (tertiary/aromatic N) is 1. The van der Waals surface area contributed by atoms with Crippen molar-refractivity contribution in [1.29, 1.82) is 0 Å². The van der Waals surface area contributed by atoms with Gasteiger partial charge in [0.25, 0.3) is 0 Å². The summed E-state index contributed by atoms with van der Waals surface area (Å²) < 4.78 is 2.16. The Morgan fingerprint density at radius 3 is 2.22 bits per heavy atom. The number of rotatable bonds is 4. The van der Waals surface area contributed by atoms with Gasteiger partial charge in [-0.1, -0.05) is 17.7 Å². The Kier molecular flexibility index (Phi) is 5.57. The Morgan fingerprint density at radius 2 is 1.59 bits per heavy atom. The van der Waals surface area contributed by atoms with Crippen LogP contribution in [0.2, 0.25) is 5.02 Å². The molecular weight excluding hydrogens is 358 g/mol. The third-order valence-electron chi connectivity index (χ3n) is 4.54. The second-order valence-electron chi connectivity index (χ2n) is 6.89. The normalized spacial score (nSPS) is 10.7. The molecule has 2 amide bonds. The van der Waals surface area contributed by atoms with E-state index in [1.54, 1.807) is 0 Å². The van der Waals surface area contributed by atoms with Gasteiger partial charge in [0, 0.05) is 34.3 Å². The minimum absolute atomic E-state index is 0.212. The fraction of sp³-hybridized carbons (Fsp3) is 0.227. The van der Waals surface area contributed by atoms with Crippen molar-refractivity contribution in [3.05, 3.63) is 81.6 Å². The van der Waals surface area contributed by atoms with Gasteiger partial charge >= 0.3 is 6.03 Å². The second-order valence-corrected chi connectivity index (χ2v) is 7.33. The third kappa shape index (κ3) is 4.52. The lowest BCUT2D eigenvalue weighted by atomic mass is 10.1. The fourth-order valence-electron chi connectivity index (χ4n) is 3.39. The number of amides is 2. The lowest BCUT2D eigenvalue weighted by Gasteiger charge is -2.11. The molecule has 0 fully saturated rings. The van der Waals surface area contributed by atoms with Crippen LogP contribution in [0.25, 0.3) is 5.69 Å². The molecule has 0 bridgehead atoms. The number of aryl methyl sites for hydroxylation is 3. The number of carbonyl (C=O) groups is 1. The molecule has 2 N–H and O–H groups in total. The molecule has 0 atom stereocenters. The van der Waals surface area contributed by atoms with Gasteiger partial charge in [-0.25, -0.2) is 4.79 Å². The first-order valence-electron chi connectivity index (χ1n) is 8.90. The first-order chi connectivity index (χ1) is 12.8. The first-order valence-corrected chi connectivity index (χ1v) is 9.28. The molecule has 5 heteroatoms. The summed E-state index contributed by atoms with van der Waals surface area (Å²) in [4.78, 5) is 12.3. The topological polar surface area (TPSA) is 46.1 Å². The van der Waals surface area contributed by atoms with E-state index in [1.807, 2.05) is 50.2 Å². The molecule has 0 aliphatic carbocycles. The highest BCUT2D eigenvalue weighted by Crippen LogP contribution is 2.22. The van der Waals surface area contributed by atoms with E-state index in [0.29, 0.717) is 11.6 Å². The standard InChI is InChI=1S/C22H24ClN3O/c1-14-9-15(2)11-20(10-14)25-22(27)24-13-18-12-16(3)26(17(18)4)21-7-5-19(23)6-8-21/h5-12H,13H2,1-4H3,(H2,24,25,27). The molecule has 0 radical (unpaired) electrons. The zero-order chi connectivity index (χ0) is 19.6. The monoisotopic (exact) mass is 381 g/mol. The Labute approximate surface area is 165 Å². The fourth-order valence-corrected chi connectivity index (χ4v) is 3.52. The van der Waals surface area contributed by atoms with E-state index < -0.39 is 0 Å². The average molecular weight is 382 g/mol. The van der Waals surface area contributed by atoms with Crippen molar-refractivity contribution in [2.45, 2.75) is 34.2 Å². The summed E-state index contributed by atoms with van der Waals surface area (Å²) in [7, 11) is 0. The minimum atomic E-state index is -0.212. The highest BCUT2D eigenvalue weighted by atomic mass is 35.5. The van der Waals surface area contributed by atoms with Crippen LogP contribution < -0.4 is 10.6 Å². The maximum atomic E-state index is 12.3. The zero-order valence-corrected chi connectivity index (χ0v) is 16.8. The number of nitrogens with one attached hydrogen (secondary N) is 2. The number of hydrogen-bond acceptors (Lipinski definition) is 1. The highest BCUT2D eigenvalue weighted by Gasteiger charge is 2.12. The Bertz CT molecular complexity index is 954. The summed E-state index contributed by atoms with van der Waals surface area (Å²) >= 11 is 5.99. The molecule has 4 nitrogen and oxygen atoms in total. The van der Waals surface area contributed by atoms with Crippen molar-refractivity contribution in [3.63, 3.8) is 0 Å². The minimum Gasteiger partial charge on any atom is -0.334 e. The number of carbonyl (C=O) groups excluding carboxylic acids is 1. The molecule has 27 heavy (non-hydrogen) atoms. The second kappa shape index (κ2) is 7.89. The zero-order valence-electron chi connectivity index (χ0n) is 16.1. The van der Waals surface area contributed by atoms with Crippen molar-refractivity contribution in [1.82, 2.24) is 9.88 Å². The molecule has 3 aromatic rings. The number of aromatic nitrogens is 1. The van der Waals surface area contributed by atoms with Crippen LogP contribution >= 0.6 is 11.6 Å². The molecule has 0 saturated carbocycles. The van der Waals surface area contributed by atoms with Crippen LogP contribution in [0.4, 0.5) is 10.5 Å². The molecule has 3 rings (SSSR count). The summed E-state index contributed by atoms with van der Waals surface area (Å²) in [5.74, 6) is 0. The molecule has 0 unspecified atom stereocenters. The molecule has 0 aliphatic rings. The third-order valence-corrected chi connectivity index (χ3v) is 4.79. The summed E-state index contributed by atoms with van der Waals surface area (Å²) in [5, 5.41) is 6.56. The SMILES string of the molecule is Cc1cc(C)cc(NC(=O)NCc2cc(C)n(-c3ccc(Cl)cc3)c2C)c1. The van der Waals surface area contributed by atoms with Crippen LogP contribution in [0, 0.1) is 27.7 Å². The molecule has 140 valence electrons. The molecule has 0 spiro atoms. The van der Waals surface area contributed by atoms with E-state index >= 15 is 0 Å². The van der Waals surface area contributed by atoms with E-state index in [0.717, 1.165) is 39.5 Å². The maximum Gasteiger partial charge on any atom is 0.319 e. The summed E-state index contributed by atoms with van der Waals surface area (Å²) in [6.07, 6.45) is 0. The molecule has 0 saturated heterocycles. The quantitative estimate of drug-likeness (QED) is 0.599. The van der Waals surface area contributed by atoms with Crippen LogP contribution in [0.15, 0.2) is 48.5 Å². The lowest BCUT2D eigenvalue weighted by Crippen LogP contribution is -2.28. The van der Waals surface area contributed by atoms with Crippen LogP contribution in [0.3, 0.4) is 0 Å². The van der Waals surface area contributed by atoms with E-state index in [1.165, 1.54) is 0 Å². The Morgan fingerprint density at radius 1 is 0.963 bits per heavy atom. The predicted octanol–water partition coefficient (Wildman–Crippen LogP) is 5.69. The van der Waals surface area contributed by atoms with Crippen LogP contribution in [0.1, 0.15) is 28.1 Å². The van der Waals surface area contributed by atoms with Crippen LogP contribution in [-0.2, 0) is 6.54 Å². The van der Waals surface area contributed by atoms with Gasteiger partial charge in [-0.05, 0) is 86.8 Å². The molecule has 0 aliphatic heterocycles. The summed E-state index contributed by atoms with van der Waals surface area (Å²) in [5.41, 5.74) is 7.39. The maximum absolute atomic E-state index is 12.3. The number of hydrogen-bond donors (Lipinski definition) is 2. The molecular formula is C22H24ClN3O. The van der Waals surface area contributed by atoms with Gasteiger partial charge in [0.15, 0.2) is 0 Å². The van der Waals surface area contributed by atoms with Gasteiger partial charge in [-0.15, -0.1) is 0 Å². The van der Waals surface area contributed by atoms with Gasteiger partial charge in [0.1, 0.15) is 0 Å². The molecule has 2 aromatic carbocycles. The van der Waals surface area contributed by atoms with Crippen molar-refractivity contribution in [2.75, 3.05) is 5.32 Å². The van der Waals surface area contributed by atoms with Gasteiger partial charge in [-0.2, -0.15) is 0 Å². The van der Waals surface area contributed by atoms with Crippen LogP contribution in [0.5, 0.6) is 0 Å². The van der Waals surface area contributed by atoms with Gasteiger partial charge in [0.2, 0.25) is 0 Å². The van der Waals surface area contributed by atoms with Gasteiger partial charge in [0.05, 0.1) is 0 Å². The van der Waals surface area contributed by atoms with Crippen molar-refractivity contribution < 1.29 is 4.79 Å². The average Bonchev–Trinajstić information content (AvgIpc) is 2.87. The van der Waals surface area contributed by atoms with Gasteiger partial charge in [-0.3, -0.25) is 0 Å². The smallest absolute Gasteiger partial charge is 0.319 e. The largest absolute Gasteiger partial charge is 0.334 e. The van der Waals surface area contributed by atoms with Crippen LogP contribution in [-0.4, -0.2) is 10.6 Å². The molecule has 1 aromatic heterocycles. The summed E-state index contributed by atoms with van der Waals surface area (Å²) in [6.45, 7) is 8.61. The van der Waals surface area contributed by atoms with E-state index in [-0.39, 0.29) is 6.03 Å². The van der Waals surface area contributed by atoms with E-state index in [4.69, 9.17) is 11.6 Å². The number of anilines is 1. The number of benzene rings is 2. The predicted molar refractivity (Wildman–Crippen MR) is 112 cm³/mol. The van der Waals surface area contributed by atoms with Gasteiger partial charge < -0.3 is 15.2 Å². The van der Waals surface area contributed by atoms with Crippen molar-refractivity contribution in [2.24, 2.45) is 0 Å².